The van der Waals surface area contributed by atoms with Crippen LogP contribution in [-0.4, -0.2) is 29.1 Å². The Morgan fingerprint density at radius 3 is 2.50 bits per heavy atom. The molecule has 0 spiro atoms. The van der Waals surface area contributed by atoms with Gasteiger partial charge in [-0.25, -0.2) is 4.79 Å². The average Bonchev–Trinajstić information content (AvgIpc) is 2.61. The Balaban J connectivity index is 0.000000791. The van der Waals surface area contributed by atoms with E-state index in [1.165, 1.54) is 17.9 Å². The Hall–Kier alpha value is -1.65. The highest BCUT2D eigenvalue weighted by Gasteiger charge is 2.12. The van der Waals surface area contributed by atoms with Gasteiger partial charge in [-0.15, -0.1) is 0 Å². The lowest BCUT2D eigenvalue weighted by Gasteiger charge is -1.96. The van der Waals surface area contributed by atoms with E-state index in [2.05, 4.69) is 9.84 Å². The molecule has 0 unspecified atom stereocenters. The van der Waals surface area contributed by atoms with Gasteiger partial charge in [-0.3, -0.25) is 9.48 Å². The van der Waals surface area contributed by atoms with E-state index in [1.54, 1.807) is 7.05 Å². The van der Waals surface area contributed by atoms with Gasteiger partial charge in [-0.2, -0.15) is 5.10 Å². The standard InChI is InChI=1S/C7H8N2O3.C2H6/c1-9-6(7(11)12-2)3-5(4-10)8-9;1-2/h3-4H,1-2H3;1-2H3. The van der Waals surface area contributed by atoms with Gasteiger partial charge in [0.1, 0.15) is 11.4 Å². The first-order chi connectivity index (χ1) is 6.69. The number of methoxy groups -OCH3 is 1. The third-order valence-electron chi connectivity index (χ3n) is 1.41. The number of rotatable bonds is 2. The zero-order chi connectivity index (χ0) is 11.1. The summed E-state index contributed by atoms with van der Waals surface area (Å²) in [6.45, 7) is 4.00. The minimum absolute atomic E-state index is 0.220. The van der Waals surface area contributed by atoms with Crippen LogP contribution < -0.4 is 0 Å². The van der Waals surface area contributed by atoms with Crippen molar-refractivity contribution in [3.8, 4) is 0 Å². The molecular weight excluding hydrogens is 184 g/mol. The van der Waals surface area contributed by atoms with Crippen molar-refractivity contribution in [3.63, 3.8) is 0 Å². The number of esters is 1. The number of carbonyl (C=O) groups is 2. The number of hydrogen-bond donors (Lipinski definition) is 0. The van der Waals surface area contributed by atoms with Crippen LogP contribution in [0.15, 0.2) is 6.07 Å². The molecule has 0 saturated heterocycles. The lowest BCUT2D eigenvalue weighted by Crippen LogP contribution is -2.07. The second-order valence-corrected chi connectivity index (χ2v) is 2.19. The summed E-state index contributed by atoms with van der Waals surface area (Å²) < 4.78 is 5.76. The predicted molar refractivity (Wildman–Crippen MR) is 51.3 cm³/mol. The van der Waals surface area contributed by atoms with Crippen molar-refractivity contribution >= 4 is 12.3 Å². The molecule has 5 heteroatoms. The maximum atomic E-state index is 11.0. The Kier molecular flexibility index (Phi) is 5.21. The molecule has 14 heavy (non-hydrogen) atoms. The highest BCUT2D eigenvalue weighted by Crippen LogP contribution is 2.01. The van der Waals surface area contributed by atoms with Gasteiger partial charge in [-0.05, 0) is 0 Å². The van der Waals surface area contributed by atoms with E-state index in [4.69, 9.17) is 0 Å². The van der Waals surface area contributed by atoms with E-state index in [0.29, 0.717) is 6.29 Å². The van der Waals surface area contributed by atoms with Gasteiger partial charge >= 0.3 is 5.97 Å². The molecule has 1 aromatic heterocycles. The van der Waals surface area contributed by atoms with E-state index in [1.807, 2.05) is 13.8 Å². The fourth-order valence-corrected chi connectivity index (χ4v) is 0.843. The summed E-state index contributed by atoms with van der Waals surface area (Å²) in [5, 5.41) is 3.75. The van der Waals surface area contributed by atoms with Crippen molar-refractivity contribution in [1.82, 2.24) is 9.78 Å². The van der Waals surface area contributed by atoms with E-state index in [-0.39, 0.29) is 11.4 Å². The molecule has 0 aliphatic rings. The number of ether oxygens (including phenoxy) is 1. The topological polar surface area (TPSA) is 61.2 Å². The lowest BCUT2D eigenvalue weighted by molar-refractivity contribution is 0.0588. The summed E-state index contributed by atoms with van der Waals surface area (Å²) in [7, 11) is 2.84. The largest absolute Gasteiger partial charge is 0.464 e. The number of nitrogens with zero attached hydrogens (tertiary/aromatic N) is 2. The van der Waals surface area contributed by atoms with Gasteiger partial charge in [0.25, 0.3) is 0 Å². The van der Waals surface area contributed by atoms with Gasteiger partial charge in [0.05, 0.1) is 7.11 Å². The van der Waals surface area contributed by atoms with Crippen LogP contribution in [0.5, 0.6) is 0 Å². The molecule has 0 aliphatic carbocycles. The molecule has 0 fully saturated rings. The molecule has 0 N–H and O–H groups in total. The summed E-state index contributed by atoms with van der Waals surface area (Å²) >= 11 is 0. The molecule has 0 saturated carbocycles. The third-order valence-corrected chi connectivity index (χ3v) is 1.41. The van der Waals surface area contributed by atoms with Crippen LogP contribution in [0.25, 0.3) is 0 Å². The van der Waals surface area contributed by atoms with Gasteiger partial charge in [0.15, 0.2) is 6.29 Å². The Bertz CT molecular complexity index is 318. The molecule has 1 heterocycles. The fourth-order valence-electron chi connectivity index (χ4n) is 0.843. The number of aromatic nitrogens is 2. The molecule has 78 valence electrons. The lowest BCUT2D eigenvalue weighted by atomic mass is 10.4. The summed E-state index contributed by atoms with van der Waals surface area (Å²) in [5.41, 5.74) is 0.484. The van der Waals surface area contributed by atoms with Crippen LogP contribution in [0.3, 0.4) is 0 Å². The van der Waals surface area contributed by atoms with Crippen molar-refractivity contribution in [3.05, 3.63) is 17.5 Å². The van der Waals surface area contributed by atoms with Gasteiger partial charge in [0, 0.05) is 13.1 Å². The minimum Gasteiger partial charge on any atom is -0.464 e. The third kappa shape index (κ3) is 2.69. The highest BCUT2D eigenvalue weighted by molar-refractivity contribution is 5.89. The first kappa shape index (κ1) is 12.3. The molecule has 1 aromatic rings. The molecule has 0 atom stereocenters. The second kappa shape index (κ2) is 5.90. The number of aldehydes is 1. The van der Waals surface area contributed by atoms with Crippen LogP contribution in [0, 0.1) is 0 Å². The van der Waals surface area contributed by atoms with E-state index in [0.717, 1.165) is 0 Å². The fraction of sp³-hybridized carbons (Fsp3) is 0.444. The highest BCUT2D eigenvalue weighted by atomic mass is 16.5. The maximum Gasteiger partial charge on any atom is 0.356 e. The van der Waals surface area contributed by atoms with Crippen LogP contribution in [0.2, 0.25) is 0 Å². The number of hydrogen-bond acceptors (Lipinski definition) is 4. The predicted octanol–water partition coefficient (Wildman–Crippen LogP) is 1.05. The Morgan fingerprint density at radius 1 is 1.57 bits per heavy atom. The summed E-state index contributed by atoms with van der Waals surface area (Å²) in [6, 6.07) is 1.37. The van der Waals surface area contributed by atoms with Crippen molar-refractivity contribution in [2.24, 2.45) is 7.05 Å². The summed E-state index contributed by atoms with van der Waals surface area (Å²) in [5.74, 6) is -0.502. The molecular formula is C9H14N2O3. The zero-order valence-electron chi connectivity index (χ0n) is 8.77. The molecule has 5 nitrogen and oxygen atoms in total. The number of aryl methyl sites for hydroxylation is 1. The first-order valence-electron chi connectivity index (χ1n) is 4.26. The first-order valence-corrected chi connectivity index (χ1v) is 4.26. The molecule has 0 aromatic carbocycles. The zero-order valence-corrected chi connectivity index (χ0v) is 8.77. The van der Waals surface area contributed by atoms with Crippen LogP contribution in [0.4, 0.5) is 0 Å². The quantitative estimate of drug-likeness (QED) is 0.526. The molecule has 0 amide bonds. The minimum atomic E-state index is -0.502. The van der Waals surface area contributed by atoms with E-state index in [9.17, 15) is 9.59 Å². The van der Waals surface area contributed by atoms with E-state index >= 15 is 0 Å². The van der Waals surface area contributed by atoms with Crippen LogP contribution >= 0.6 is 0 Å². The SMILES string of the molecule is CC.COC(=O)c1cc(C=O)nn1C. The summed E-state index contributed by atoms with van der Waals surface area (Å²) in [4.78, 5) is 21.2. The van der Waals surface area contributed by atoms with Crippen molar-refractivity contribution in [1.29, 1.82) is 0 Å². The monoisotopic (exact) mass is 198 g/mol. The van der Waals surface area contributed by atoms with Crippen molar-refractivity contribution in [2.75, 3.05) is 7.11 Å². The van der Waals surface area contributed by atoms with Crippen molar-refractivity contribution < 1.29 is 14.3 Å². The normalized spacial score (nSPS) is 8.57. The van der Waals surface area contributed by atoms with Crippen molar-refractivity contribution in [2.45, 2.75) is 13.8 Å². The smallest absolute Gasteiger partial charge is 0.356 e. The molecule has 0 aliphatic heterocycles. The molecule has 0 bridgehead atoms. The number of carbonyl (C=O) groups excluding carboxylic acids is 2. The molecule has 1 rings (SSSR count). The van der Waals surface area contributed by atoms with Gasteiger partial charge in [0.2, 0.25) is 0 Å². The van der Waals surface area contributed by atoms with Crippen LogP contribution in [0.1, 0.15) is 34.8 Å². The molecule has 0 radical (unpaired) electrons. The maximum absolute atomic E-state index is 11.0. The Morgan fingerprint density at radius 2 is 2.14 bits per heavy atom. The van der Waals surface area contributed by atoms with Gasteiger partial charge in [-0.1, -0.05) is 13.8 Å². The van der Waals surface area contributed by atoms with Gasteiger partial charge < -0.3 is 4.74 Å². The summed E-state index contributed by atoms with van der Waals surface area (Å²) in [6.07, 6.45) is 0.576. The van der Waals surface area contributed by atoms with E-state index < -0.39 is 5.97 Å². The second-order valence-electron chi connectivity index (χ2n) is 2.19. The Labute approximate surface area is 82.7 Å². The average molecular weight is 198 g/mol. The van der Waals surface area contributed by atoms with Crippen LogP contribution in [-0.2, 0) is 11.8 Å².